The predicted molar refractivity (Wildman–Crippen MR) is 50.4 cm³/mol. The van der Waals surface area contributed by atoms with Crippen molar-refractivity contribution in [3.05, 3.63) is 0 Å². The van der Waals surface area contributed by atoms with Gasteiger partial charge in [-0.2, -0.15) is 26.3 Å². The van der Waals surface area contributed by atoms with Gasteiger partial charge in [0.2, 0.25) is 0 Å². The standard InChI is InChI=1S/C10H15F6N/c1-17-7(5-4-6-2-3-6)8(9(11,12)13)10(14,15)16/h6-8,17H,2-5H2,1H3. The van der Waals surface area contributed by atoms with Gasteiger partial charge in [-0.15, -0.1) is 0 Å². The molecule has 0 spiro atoms. The molecule has 0 saturated heterocycles. The summed E-state index contributed by atoms with van der Waals surface area (Å²) in [7, 11) is 1.14. The Morgan fingerprint density at radius 2 is 1.53 bits per heavy atom. The number of hydrogen-bond acceptors (Lipinski definition) is 1. The largest absolute Gasteiger partial charge is 0.401 e. The summed E-state index contributed by atoms with van der Waals surface area (Å²) in [5.74, 6) is -2.97. The minimum Gasteiger partial charge on any atom is -0.316 e. The van der Waals surface area contributed by atoms with Gasteiger partial charge in [0, 0.05) is 6.04 Å². The van der Waals surface area contributed by atoms with Crippen LogP contribution in [0.2, 0.25) is 0 Å². The third-order valence-electron chi connectivity index (χ3n) is 3.06. The molecule has 1 fully saturated rings. The molecule has 0 heterocycles. The summed E-state index contributed by atoms with van der Waals surface area (Å²) < 4.78 is 74.6. The molecule has 1 rings (SSSR count). The van der Waals surface area contributed by atoms with Crippen molar-refractivity contribution < 1.29 is 26.3 Å². The maximum Gasteiger partial charge on any atom is 0.401 e. The summed E-state index contributed by atoms with van der Waals surface area (Å²) in [4.78, 5) is 0. The lowest BCUT2D eigenvalue weighted by molar-refractivity contribution is -0.291. The molecule has 102 valence electrons. The minimum absolute atomic E-state index is 0.0924. The molecule has 1 atom stereocenters. The number of rotatable bonds is 5. The first-order valence-electron chi connectivity index (χ1n) is 5.47. The van der Waals surface area contributed by atoms with E-state index in [9.17, 15) is 26.3 Å². The monoisotopic (exact) mass is 263 g/mol. The molecule has 0 amide bonds. The van der Waals surface area contributed by atoms with E-state index in [4.69, 9.17) is 0 Å². The van der Waals surface area contributed by atoms with Gasteiger partial charge in [0.1, 0.15) is 0 Å². The van der Waals surface area contributed by atoms with Crippen LogP contribution >= 0.6 is 0 Å². The maximum absolute atomic E-state index is 12.4. The zero-order chi connectivity index (χ0) is 13.3. The first-order valence-corrected chi connectivity index (χ1v) is 5.47. The van der Waals surface area contributed by atoms with E-state index in [0.717, 1.165) is 19.9 Å². The zero-order valence-electron chi connectivity index (χ0n) is 9.33. The first-order chi connectivity index (χ1) is 7.66. The molecule has 0 aliphatic heterocycles. The summed E-state index contributed by atoms with van der Waals surface area (Å²) in [6.45, 7) is 0. The third-order valence-corrected chi connectivity index (χ3v) is 3.06. The van der Waals surface area contributed by atoms with Gasteiger partial charge in [-0.25, -0.2) is 0 Å². The Balaban J connectivity index is 2.70. The molecule has 1 nitrogen and oxygen atoms in total. The number of alkyl halides is 6. The van der Waals surface area contributed by atoms with E-state index in [2.05, 4.69) is 5.32 Å². The first kappa shape index (κ1) is 14.6. The molecule has 0 bridgehead atoms. The van der Waals surface area contributed by atoms with Crippen molar-refractivity contribution >= 4 is 0 Å². The Morgan fingerprint density at radius 1 is 1.06 bits per heavy atom. The maximum atomic E-state index is 12.4. The van der Waals surface area contributed by atoms with Crippen LogP contribution in [0.1, 0.15) is 25.7 Å². The van der Waals surface area contributed by atoms with Crippen molar-refractivity contribution in [1.29, 1.82) is 0 Å². The van der Waals surface area contributed by atoms with E-state index < -0.39 is 24.3 Å². The lowest BCUT2D eigenvalue weighted by Crippen LogP contribution is -2.50. The molecule has 7 heteroatoms. The Labute approximate surface area is 95.6 Å². The van der Waals surface area contributed by atoms with Crippen LogP contribution in [-0.2, 0) is 0 Å². The van der Waals surface area contributed by atoms with Gasteiger partial charge in [0.25, 0.3) is 0 Å². The SMILES string of the molecule is CNC(CCC1CC1)C(C(F)(F)F)C(F)(F)F. The summed E-state index contributed by atoms with van der Waals surface area (Å²) in [5, 5.41) is 2.16. The van der Waals surface area contributed by atoms with E-state index in [-0.39, 0.29) is 6.42 Å². The molecule has 0 aromatic rings. The van der Waals surface area contributed by atoms with E-state index in [1.807, 2.05) is 0 Å². The smallest absolute Gasteiger partial charge is 0.316 e. The highest BCUT2D eigenvalue weighted by atomic mass is 19.4. The molecule has 0 aromatic carbocycles. The predicted octanol–water partition coefficient (Wildman–Crippen LogP) is 3.51. The van der Waals surface area contributed by atoms with Crippen LogP contribution in [0.3, 0.4) is 0 Å². The van der Waals surface area contributed by atoms with E-state index in [0.29, 0.717) is 12.3 Å². The Morgan fingerprint density at radius 3 is 1.82 bits per heavy atom. The van der Waals surface area contributed by atoms with Crippen molar-refractivity contribution in [2.75, 3.05) is 7.05 Å². The minimum atomic E-state index is -5.25. The van der Waals surface area contributed by atoms with Crippen molar-refractivity contribution in [3.63, 3.8) is 0 Å². The zero-order valence-corrected chi connectivity index (χ0v) is 9.33. The molecule has 0 aromatic heterocycles. The topological polar surface area (TPSA) is 12.0 Å². The fourth-order valence-corrected chi connectivity index (χ4v) is 1.94. The average molecular weight is 263 g/mol. The second kappa shape index (κ2) is 5.04. The average Bonchev–Trinajstić information content (AvgIpc) is 2.90. The lowest BCUT2D eigenvalue weighted by atomic mass is 9.93. The highest BCUT2D eigenvalue weighted by Gasteiger charge is 2.59. The van der Waals surface area contributed by atoms with Gasteiger partial charge in [0.05, 0.1) is 0 Å². The lowest BCUT2D eigenvalue weighted by Gasteiger charge is -2.30. The van der Waals surface area contributed by atoms with Crippen molar-refractivity contribution in [1.82, 2.24) is 5.32 Å². The van der Waals surface area contributed by atoms with Crippen LogP contribution in [0.25, 0.3) is 0 Å². The van der Waals surface area contributed by atoms with Crippen molar-refractivity contribution in [2.24, 2.45) is 11.8 Å². The Hall–Kier alpha value is -0.460. The molecule has 1 unspecified atom stereocenters. The van der Waals surface area contributed by atoms with Gasteiger partial charge in [-0.1, -0.05) is 12.8 Å². The van der Waals surface area contributed by atoms with Gasteiger partial charge >= 0.3 is 12.4 Å². The van der Waals surface area contributed by atoms with Crippen molar-refractivity contribution in [2.45, 2.75) is 44.1 Å². The van der Waals surface area contributed by atoms with E-state index in [1.54, 1.807) is 0 Å². The van der Waals surface area contributed by atoms with Crippen molar-refractivity contribution in [3.8, 4) is 0 Å². The molecule has 17 heavy (non-hydrogen) atoms. The Kier molecular flexibility index (Phi) is 4.33. The fraction of sp³-hybridized carbons (Fsp3) is 1.00. The van der Waals surface area contributed by atoms with Crippen LogP contribution in [0.5, 0.6) is 0 Å². The fourth-order valence-electron chi connectivity index (χ4n) is 1.94. The molecular weight excluding hydrogens is 248 g/mol. The molecule has 0 radical (unpaired) electrons. The van der Waals surface area contributed by atoms with E-state index >= 15 is 0 Å². The molecular formula is C10H15F6N. The quantitative estimate of drug-likeness (QED) is 0.748. The summed E-state index contributed by atoms with van der Waals surface area (Å²) >= 11 is 0. The van der Waals surface area contributed by atoms with Crippen LogP contribution < -0.4 is 5.32 Å². The highest BCUT2D eigenvalue weighted by Crippen LogP contribution is 2.43. The van der Waals surface area contributed by atoms with Gasteiger partial charge in [-0.05, 0) is 25.8 Å². The van der Waals surface area contributed by atoms with Crippen LogP contribution in [-0.4, -0.2) is 25.4 Å². The van der Waals surface area contributed by atoms with Gasteiger partial charge in [-0.3, -0.25) is 0 Å². The molecule has 1 N–H and O–H groups in total. The summed E-state index contributed by atoms with van der Waals surface area (Å²) in [6, 6.07) is -1.59. The number of nitrogens with one attached hydrogen (secondary N) is 1. The summed E-state index contributed by atoms with van der Waals surface area (Å²) in [5.41, 5.74) is 0. The highest BCUT2D eigenvalue weighted by molar-refractivity contribution is 4.88. The van der Waals surface area contributed by atoms with Crippen LogP contribution in [0.15, 0.2) is 0 Å². The number of halogens is 6. The Bertz CT molecular complexity index is 228. The van der Waals surface area contributed by atoms with Gasteiger partial charge < -0.3 is 5.32 Å². The summed E-state index contributed by atoms with van der Waals surface area (Å²) in [6.07, 6.45) is -8.34. The third kappa shape index (κ3) is 4.37. The van der Waals surface area contributed by atoms with Crippen LogP contribution in [0, 0.1) is 11.8 Å². The normalized spacial score (nSPS) is 19.8. The second-order valence-corrected chi connectivity index (χ2v) is 4.48. The van der Waals surface area contributed by atoms with E-state index in [1.165, 1.54) is 0 Å². The second-order valence-electron chi connectivity index (χ2n) is 4.48. The molecule has 1 aliphatic carbocycles. The molecule has 1 aliphatic rings. The number of hydrogen-bond donors (Lipinski definition) is 1. The molecule has 1 saturated carbocycles. The van der Waals surface area contributed by atoms with Gasteiger partial charge in [0.15, 0.2) is 5.92 Å². The van der Waals surface area contributed by atoms with Crippen LogP contribution in [0.4, 0.5) is 26.3 Å².